The average molecular weight is 246 g/mol. The van der Waals surface area contributed by atoms with Gasteiger partial charge in [-0.25, -0.2) is 0 Å². The molecule has 18 heavy (non-hydrogen) atoms. The molecule has 1 fully saturated rings. The highest BCUT2D eigenvalue weighted by Crippen LogP contribution is 2.27. The van der Waals surface area contributed by atoms with Crippen molar-refractivity contribution in [2.45, 2.75) is 25.0 Å². The van der Waals surface area contributed by atoms with Gasteiger partial charge in [-0.05, 0) is 11.6 Å². The van der Waals surface area contributed by atoms with E-state index in [0.717, 1.165) is 12.2 Å². The van der Waals surface area contributed by atoms with E-state index in [9.17, 15) is 9.59 Å². The number of benzene rings is 1. The number of nitrogens with one attached hydrogen (secondary N) is 2. The van der Waals surface area contributed by atoms with Crippen LogP contribution in [0.5, 0.6) is 5.75 Å². The summed E-state index contributed by atoms with van der Waals surface area (Å²) in [6, 6.07) is 7.51. The van der Waals surface area contributed by atoms with Crippen molar-refractivity contribution < 1.29 is 14.3 Å². The quantitative estimate of drug-likeness (QED) is 0.736. The van der Waals surface area contributed by atoms with Crippen molar-refractivity contribution in [3.8, 4) is 5.75 Å². The lowest BCUT2D eigenvalue weighted by Crippen LogP contribution is -2.41. The molecule has 2 unspecified atom stereocenters. The van der Waals surface area contributed by atoms with E-state index in [1.165, 1.54) is 5.56 Å². The Balaban J connectivity index is 1.54. The SMILES string of the molecule is O=C1CC(NCC2Cc3ccccc3O2)C(=O)N1. The minimum absolute atomic E-state index is 0.0332. The minimum atomic E-state index is -0.412. The van der Waals surface area contributed by atoms with Gasteiger partial charge in [0.15, 0.2) is 0 Å². The molecule has 0 saturated carbocycles. The van der Waals surface area contributed by atoms with E-state index in [4.69, 9.17) is 4.74 Å². The van der Waals surface area contributed by atoms with Crippen LogP contribution in [0.15, 0.2) is 24.3 Å². The first kappa shape index (κ1) is 11.2. The van der Waals surface area contributed by atoms with E-state index >= 15 is 0 Å². The topological polar surface area (TPSA) is 67.4 Å². The number of hydrogen-bond acceptors (Lipinski definition) is 4. The largest absolute Gasteiger partial charge is 0.488 e. The van der Waals surface area contributed by atoms with Crippen molar-refractivity contribution in [2.75, 3.05) is 6.54 Å². The summed E-state index contributed by atoms with van der Waals surface area (Å²) in [4.78, 5) is 22.4. The molecular weight excluding hydrogens is 232 g/mol. The van der Waals surface area contributed by atoms with Gasteiger partial charge in [-0.2, -0.15) is 0 Å². The maximum Gasteiger partial charge on any atom is 0.244 e. The molecule has 0 aliphatic carbocycles. The normalized spacial score (nSPS) is 25.8. The second-order valence-corrected chi connectivity index (χ2v) is 4.63. The fraction of sp³-hybridized carbons (Fsp3) is 0.385. The van der Waals surface area contributed by atoms with Crippen LogP contribution in [-0.2, 0) is 16.0 Å². The van der Waals surface area contributed by atoms with Gasteiger partial charge < -0.3 is 10.1 Å². The summed E-state index contributed by atoms with van der Waals surface area (Å²) in [7, 11) is 0. The summed E-state index contributed by atoms with van der Waals surface area (Å²) in [5, 5.41) is 5.36. The van der Waals surface area contributed by atoms with Gasteiger partial charge in [0, 0.05) is 13.0 Å². The highest BCUT2D eigenvalue weighted by Gasteiger charge is 2.31. The molecule has 2 heterocycles. The van der Waals surface area contributed by atoms with Gasteiger partial charge in [-0.15, -0.1) is 0 Å². The number of imide groups is 1. The number of fused-ring (bicyclic) bond motifs is 1. The third-order valence-corrected chi connectivity index (χ3v) is 3.27. The van der Waals surface area contributed by atoms with E-state index in [1.807, 2.05) is 24.3 Å². The molecule has 3 rings (SSSR count). The predicted octanol–water partition coefficient (Wildman–Crippen LogP) is -0.00520. The zero-order valence-corrected chi connectivity index (χ0v) is 9.81. The molecule has 2 N–H and O–H groups in total. The number of rotatable bonds is 3. The van der Waals surface area contributed by atoms with Crippen molar-refractivity contribution >= 4 is 11.8 Å². The molecule has 5 nitrogen and oxygen atoms in total. The van der Waals surface area contributed by atoms with Crippen LogP contribution < -0.4 is 15.4 Å². The van der Waals surface area contributed by atoms with E-state index in [1.54, 1.807) is 0 Å². The lowest BCUT2D eigenvalue weighted by atomic mass is 10.1. The standard InChI is InChI=1S/C13H14N2O3/c16-12-6-10(13(17)15-12)14-7-9-5-8-3-1-2-4-11(8)18-9/h1-4,9-10,14H,5-7H2,(H,15,16,17). The van der Waals surface area contributed by atoms with Crippen LogP contribution in [0.1, 0.15) is 12.0 Å². The molecule has 0 spiro atoms. The molecule has 2 aliphatic rings. The Morgan fingerprint density at radius 1 is 1.28 bits per heavy atom. The Morgan fingerprint density at radius 2 is 2.11 bits per heavy atom. The molecule has 0 bridgehead atoms. The number of amides is 2. The molecule has 0 radical (unpaired) electrons. The summed E-state index contributed by atoms with van der Waals surface area (Å²) in [5.74, 6) is 0.458. The van der Waals surface area contributed by atoms with Crippen LogP contribution in [0.25, 0.3) is 0 Å². The van der Waals surface area contributed by atoms with Crippen molar-refractivity contribution in [2.24, 2.45) is 0 Å². The molecule has 0 aromatic heterocycles. The van der Waals surface area contributed by atoms with Gasteiger partial charge in [0.2, 0.25) is 11.8 Å². The van der Waals surface area contributed by atoms with E-state index in [2.05, 4.69) is 10.6 Å². The average Bonchev–Trinajstić information content (AvgIpc) is 2.89. The Hall–Kier alpha value is -1.88. The first-order valence-corrected chi connectivity index (χ1v) is 6.04. The lowest BCUT2D eigenvalue weighted by molar-refractivity contribution is -0.125. The van der Waals surface area contributed by atoms with Gasteiger partial charge >= 0.3 is 0 Å². The van der Waals surface area contributed by atoms with E-state index < -0.39 is 6.04 Å². The number of carbonyl (C=O) groups is 2. The molecule has 2 atom stereocenters. The molecule has 1 saturated heterocycles. The second kappa shape index (κ2) is 4.42. The van der Waals surface area contributed by atoms with E-state index in [0.29, 0.717) is 6.54 Å². The van der Waals surface area contributed by atoms with Gasteiger partial charge in [0.1, 0.15) is 11.9 Å². The van der Waals surface area contributed by atoms with Crippen molar-refractivity contribution in [1.29, 1.82) is 0 Å². The zero-order chi connectivity index (χ0) is 12.5. The molecule has 1 aromatic rings. The number of para-hydroxylation sites is 1. The monoisotopic (exact) mass is 246 g/mol. The summed E-state index contributed by atoms with van der Waals surface area (Å²) in [6.07, 6.45) is 1.09. The molecular formula is C13H14N2O3. The van der Waals surface area contributed by atoms with Crippen LogP contribution in [0.4, 0.5) is 0 Å². The van der Waals surface area contributed by atoms with Crippen LogP contribution in [0.3, 0.4) is 0 Å². The lowest BCUT2D eigenvalue weighted by Gasteiger charge is -2.14. The number of carbonyl (C=O) groups excluding carboxylic acids is 2. The highest BCUT2D eigenvalue weighted by atomic mass is 16.5. The second-order valence-electron chi connectivity index (χ2n) is 4.63. The smallest absolute Gasteiger partial charge is 0.244 e. The Morgan fingerprint density at radius 3 is 2.83 bits per heavy atom. The highest BCUT2D eigenvalue weighted by molar-refractivity contribution is 6.05. The zero-order valence-electron chi connectivity index (χ0n) is 9.81. The number of hydrogen-bond donors (Lipinski definition) is 2. The maximum absolute atomic E-state index is 11.4. The first-order chi connectivity index (χ1) is 8.72. The predicted molar refractivity (Wildman–Crippen MR) is 64.1 cm³/mol. The molecule has 5 heteroatoms. The Labute approximate surface area is 105 Å². The van der Waals surface area contributed by atoms with Gasteiger partial charge in [-0.3, -0.25) is 14.9 Å². The van der Waals surface area contributed by atoms with Gasteiger partial charge in [0.05, 0.1) is 12.5 Å². The van der Waals surface area contributed by atoms with Crippen LogP contribution in [-0.4, -0.2) is 30.5 Å². The third-order valence-electron chi connectivity index (χ3n) is 3.27. The fourth-order valence-electron chi connectivity index (χ4n) is 2.36. The van der Waals surface area contributed by atoms with Gasteiger partial charge in [-0.1, -0.05) is 18.2 Å². The number of ether oxygens (including phenoxy) is 1. The van der Waals surface area contributed by atoms with Crippen molar-refractivity contribution in [3.05, 3.63) is 29.8 Å². The minimum Gasteiger partial charge on any atom is -0.488 e. The van der Waals surface area contributed by atoms with E-state index in [-0.39, 0.29) is 24.3 Å². The third kappa shape index (κ3) is 2.09. The van der Waals surface area contributed by atoms with Crippen molar-refractivity contribution in [1.82, 2.24) is 10.6 Å². The summed E-state index contributed by atoms with van der Waals surface area (Å²) in [5.41, 5.74) is 1.19. The van der Waals surface area contributed by atoms with Crippen LogP contribution >= 0.6 is 0 Å². The Kier molecular flexibility index (Phi) is 2.76. The summed E-state index contributed by atoms with van der Waals surface area (Å²) < 4.78 is 5.75. The molecule has 94 valence electrons. The van der Waals surface area contributed by atoms with Crippen LogP contribution in [0, 0.1) is 0 Å². The molecule has 2 amide bonds. The van der Waals surface area contributed by atoms with Gasteiger partial charge in [0.25, 0.3) is 0 Å². The molecule has 1 aromatic carbocycles. The van der Waals surface area contributed by atoms with Crippen LogP contribution in [0.2, 0.25) is 0 Å². The summed E-state index contributed by atoms with van der Waals surface area (Å²) >= 11 is 0. The fourth-order valence-corrected chi connectivity index (χ4v) is 2.36. The maximum atomic E-state index is 11.4. The van der Waals surface area contributed by atoms with Crippen molar-refractivity contribution in [3.63, 3.8) is 0 Å². The molecule has 2 aliphatic heterocycles. The summed E-state index contributed by atoms with van der Waals surface area (Å²) in [6.45, 7) is 0.569. The Bertz CT molecular complexity index is 476. The first-order valence-electron chi connectivity index (χ1n) is 6.04.